The van der Waals surface area contributed by atoms with Crippen LogP contribution in [0.4, 0.5) is 0 Å². The molecule has 1 nitrogen and oxygen atoms in total. The summed E-state index contributed by atoms with van der Waals surface area (Å²) in [7, 11) is 5.90. The second-order valence-corrected chi connectivity index (χ2v) is 2.83. The molecule has 0 aliphatic carbocycles. The van der Waals surface area contributed by atoms with Gasteiger partial charge in [-0.1, -0.05) is 0 Å². The Balaban J connectivity index is 3.79. The van der Waals surface area contributed by atoms with Crippen molar-refractivity contribution in [3.05, 3.63) is 11.7 Å². The van der Waals surface area contributed by atoms with Gasteiger partial charge in [-0.2, -0.15) is 0 Å². The van der Waals surface area contributed by atoms with Gasteiger partial charge in [0.15, 0.2) is 5.16 Å². The molecule has 0 aliphatic rings. The molecule has 0 unspecified atom stereocenters. The van der Waals surface area contributed by atoms with Gasteiger partial charge in [-0.25, -0.2) is 0 Å². The van der Waals surface area contributed by atoms with Gasteiger partial charge in [-0.3, -0.25) is 4.48 Å². The maximum absolute atomic E-state index is 5.53. The number of nitrogens with zero attached hydrogens (tertiary/aromatic N) is 1. The van der Waals surface area contributed by atoms with Gasteiger partial charge in [0.2, 0.25) is 0 Å². The maximum atomic E-state index is 5.53. The second kappa shape index (κ2) is 1.85. The van der Waals surface area contributed by atoms with Crippen LogP contribution in [0.15, 0.2) is 11.7 Å². The summed E-state index contributed by atoms with van der Waals surface area (Å²) in [6, 6.07) is 0. The van der Waals surface area contributed by atoms with Crippen molar-refractivity contribution < 1.29 is 4.48 Å². The van der Waals surface area contributed by atoms with Crippen LogP contribution in [-0.4, -0.2) is 25.6 Å². The van der Waals surface area contributed by atoms with E-state index in [1.807, 2.05) is 21.1 Å². The summed E-state index contributed by atoms with van der Waals surface area (Å²) in [6.45, 7) is 3.56. The Morgan fingerprint density at radius 2 is 1.57 bits per heavy atom. The summed E-state index contributed by atoms with van der Waals surface area (Å²) >= 11 is 5.53. The highest BCUT2D eigenvalue weighted by molar-refractivity contribution is 6.27. The van der Waals surface area contributed by atoms with Gasteiger partial charge in [-0.05, 0) is 18.2 Å². The van der Waals surface area contributed by atoms with Crippen molar-refractivity contribution in [2.75, 3.05) is 21.1 Å². The molecule has 0 bridgehead atoms. The highest BCUT2D eigenvalue weighted by Crippen LogP contribution is 2.07. The van der Waals surface area contributed by atoms with Gasteiger partial charge in [0.05, 0.1) is 21.1 Å². The van der Waals surface area contributed by atoms with Crippen LogP contribution in [0.2, 0.25) is 0 Å². The van der Waals surface area contributed by atoms with E-state index in [4.69, 9.17) is 11.6 Å². The lowest BCUT2D eigenvalue weighted by Gasteiger charge is -2.20. The fraction of sp³-hybridized carbons (Fsp3) is 0.600. The topological polar surface area (TPSA) is 0 Å². The van der Waals surface area contributed by atoms with Crippen LogP contribution >= 0.6 is 11.6 Å². The predicted octanol–water partition coefficient (Wildman–Crippen LogP) is 1.40. The van der Waals surface area contributed by atoms with Crippen molar-refractivity contribution in [2.45, 2.75) is 0 Å². The molecule has 0 saturated carbocycles. The highest BCUT2D eigenvalue weighted by atomic mass is 35.5. The summed E-state index contributed by atoms with van der Waals surface area (Å²) in [6.07, 6.45) is 0. The molecular weight excluding hydrogens is 110 g/mol. The molecule has 0 heterocycles. The number of rotatable bonds is 1. The monoisotopic (exact) mass is 120 g/mol. The lowest BCUT2D eigenvalue weighted by molar-refractivity contribution is -0.823. The molecule has 42 valence electrons. The molecule has 0 aromatic carbocycles. The molecule has 0 fully saturated rings. The first-order valence-electron chi connectivity index (χ1n) is 2.11. The van der Waals surface area contributed by atoms with Crippen LogP contribution in [0.1, 0.15) is 0 Å². The normalized spacial score (nSPS) is 11.4. The highest BCUT2D eigenvalue weighted by Gasteiger charge is 2.07. The molecule has 0 aromatic heterocycles. The summed E-state index contributed by atoms with van der Waals surface area (Å²) in [5.74, 6) is 0. The number of hydrogen-bond acceptors (Lipinski definition) is 0. The van der Waals surface area contributed by atoms with Gasteiger partial charge >= 0.3 is 0 Å². The molecule has 7 heavy (non-hydrogen) atoms. The molecule has 0 rings (SSSR count). The van der Waals surface area contributed by atoms with E-state index in [-0.39, 0.29) is 0 Å². The SMILES string of the molecule is C=C(Cl)[N+](C)(C)C. The summed E-state index contributed by atoms with van der Waals surface area (Å²) in [4.78, 5) is 0. The molecule has 0 amide bonds. The van der Waals surface area contributed by atoms with Crippen LogP contribution in [0.5, 0.6) is 0 Å². The lowest BCUT2D eigenvalue weighted by Crippen LogP contribution is -2.29. The third-order valence-electron chi connectivity index (χ3n) is 0.728. The van der Waals surface area contributed by atoms with Crippen molar-refractivity contribution in [1.29, 1.82) is 0 Å². The Hall–Kier alpha value is -0.0100. The first-order chi connectivity index (χ1) is 2.94. The van der Waals surface area contributed by atoms with Crippen molar-refractivity contribution in [3.63, 3.8) is 0 Å². The Kier molecular flexibility index (Phi) is 1.84. The van der Waals surface area contributed by atoms with Gasteiger partial charge in [0.25, 0.3) is 0 Å². The lowest BCUT2D eigenvalue weighted by atomic mass is 10.7. The average Bonchev–Trinajstić information content (AvgIpc) is 1.31. The van der Waals surface area contributed by atoms with E-state index in [9.17, 15) is 0 Å². The van der Waals surface area contributed by atoms with Crippen molar-refractivity contribution in [2.24, 2.45) is 0 Å². The minimum Gasteiger partial charge on any atom is -0.289 e. The number of hydrogen-bond donors (Lipinski definition) is 0. The fourth-order valence-corrected chi connectivity index (χ4v) is 0. The first-order valence-corrected chi connectivity index (χ1v) is 2.49. The molecule has 0 N–H and O–H groups in total. The van der Waals surface area contributed by atoms with Crippen LogP contribution in [-0.2, 0) is 0 Å². The molecule has 0 radical (unpaired) electrons. The quantitative estimate of drug-likeness (QED) is 0.363. The van der Waals surface area contributed by atoms with Crippen LogP contribution < -0.4 is 0 Å². The van der Waals surface area contributed by atoms with Crippen LogP contribution in [0.3, 0.4) is 0 Å². The summed E-state index contributed by atoms with van der Waals surface area (Å²) < 4.78 is 0.627. The molecular formula is C5H11ClN+. The maximum Gasteiger partial charge on any atom is 0.193 e. The first kappa shape index (κ1) is 6.99. The minimum atomic E-state index is 0.627. The Bertz CT molecular complexity index is 80.6. The van der Waals surface area contributed by atoms with E-state index >= 15 is 0 Å². The third-order valence-corrected chi connectivity index (χ3v) is 1.23. The Morgan fingerprint density at radius 1 is 1.43 bits per heavy atom. The zero-order valence-electron chi connectivity index (χ0n) is 5.03. The molecule has 0 aromatic rings. The van der Waals surface area contributed by atoms with Crippen LogP contribution in [0, 0.1) is 0 Å². The van der Waals surface area contributed by atoms with Gasteiger partial charge in [0, 0.05) is 0 Å². The zero-order valence-corrected chi connectivity index (χ0v) is 5.79. The standard InChI is InChI=1S/C5H11ClN/c1-5(6)7(2,3)4/h1H2,2-4H3/q+1. The smallest absolute Gasteiger partial charge is 0.193 e. The number of halogens is 1. The summed E-state index contributed by atoms with van der Waals surface area (Å²) in [5.41, 5.74) is 0. The molecule has 0 atom stereocenters. The molecule has 0 aliphatic heterocycles. The van der Waals surface area contributed by atoms with Crippen molar-refractivity contribution in [1.82, 2.24) is 0 Å². The molecule has 0 spiro atoms. The Labute approximate surface area is 49.8 Å². The zero-order chi connectivity index (χ0) is 6.08. The Morgan fingerprint density at radius 3 is 1.57 bits per heavy atom. The van der Waals surface area contributed by atoms with E-state index in [0.29, 0.717) is 9.64 Å². The summed E-state index contributed by atoms with van der Waals surface area (Å²) in [5, 5.41) is 0.653. The second-order valence-electron chi connectivity index (χ2n) is 2.39. The van der Waals surface area contributed by atoms with E-state index < -0.39 is 0 Å². The third kappa shape index (κ3) is 2.66. The minimum absolute atomic E-state index is 0.627. The molecule has 2 heteroatoms. The van der Waals surface area contributed by atoms with E-state index in [1.54, 1.807) is 0 Å². The van der Waals surface area contributed by atoms with Crippen molar-refractivity contribution >= 4 is 11.6 Å². The van der Waals surface area contributed by atoms with Crippen molar-refractivity contribution in [3.8, 4) is 0 Å². The van der Waals surface area contributed by atoms with Gasteiger partial charge in [-0.15, -0.1) is 0 Å². The van der Waals surface area contributed by atoms with Gasteiger partial charge < -0.3 is 0 Å². The van der Waals surface area contributed by atoms with E-state index in [1.165, 1.54) is 0 Å². The van der Waals surface area contributed by atoms with Crippen LogP contribution in [0.25, 0.3) is 0 Å². The predicted molar refractivity (Wildman–Crippen MR) is 33.0 cm³/mol. The van der Waals surface area contributed by atoms with E-state index in [0.717, 1.165) is 0 Å². The van der Waals surface area contributed by atoms with Gasteiger partial charge in [0.1, 0.15) is 0 Å². The van der Waals surface area contributed by atoms with E-state index in [2.05, 4.69) is 6.58 Å². The fourth-order valence-electron chi connectivity index (χ4n) is 0. The number of quaternary nitrogens is 1. The largest absolute Gasteiger partial charge is 0.289 e. The molecule has 0 saturated heterocycles. The average molecular weight is 121 g/mol.